The molecule has 4 bridgehead atoms. The van der Waals surface area contributed by atoms with Crippen molar-refractivity contribution in [3.05, 3.63) is 65.2 Å². The molecule has 12 heteroatoms. The number of amides is 2. The first-order valence-electron chi connectivity index (χ1n) is 14.6. The standard InChI is InChI=1S/C31H35N5O6S/c1-19-5-3-6-20(2)27(19)25-18-26-33-30(32-25)35-43(40,41)24-8-4-7-22(17-24)28(38)34-31(42-26)13-15-36(16-14-31)29(39)21-9-11-23(37)12-10-21/h3-8,17-18,21,23,37H,9-16H2,1-2H3,(H,34,38)(H,32,33,35). The average molecular weight is 606 g/mol. The van der Waals surface area contributed by atoms with E-state index >= 15 is 0 Å². The summed E-state index contributed by atoms with van der Waals surface area (Å²) in [4.78, 5) is 37.5. The molecule has 3 aromatic rings. The third kappa shape index (κ3) is 5.94. The quantitative estimate of drug-likeness (QED) is 0.401. The molecule has 0 atom stereocenters. The summed E-state index contributed by atoms with van der Waals surface area (Å²) in [6.07, 6.45) is 2.80. The van der Waals surface area contributed by atoms with Crippen LogP contribution >= 0.6 is 0 Å². The van der Waals surface area contributed by atoms with Gasteiger partial charge in [-0.25, -0.2) is 18.1 Å². The van der Waals surface area contributed by atoms with Gasteiger partial charge < -0.3 is 20.1 Å². The van der Waals surface area contributed by atoms with Gasteiger partial charge in [-0.05, 0) is 68.9 Å². The molecule has 43 heavy (non-hydrogen) atoms. The Kier molecular flexibility index (Phi) is 7.59. The van der Waals surface area contributed by atoms with Crippen molar-refractivity contribution >= 4 is 27.8 Å². The molecule has 0 radical (unpaired) electrons. The van der Waals surface area contributed by atoms with Crippen LogP contribution in [0.4, 0.5) is 5.95 Å². The highest BCUT2D eigenvalue weighted by Crippen LogP contribution is 2.34. The van der Waals surface area contributed by atoms with E-state index in [0.717, 1.165) is 16.7 Å². The Hall–Kier alpha value is -4.03. The third-order valence-electron chi connectivity index (χ3n) is 8.64. The molecule has 0 unspecified atom stereocenters. The zero-order chi connectivity index (χ0) is 30.4. The number of sulfonamides is 1. The maximum atomic E-state index is 13.5. The molecule has 11 nitrogen and oxygen atoms in total. The van der Waals surface area contributed by atoms with Crippen LogP contribution in [0.15, 0.2) is 53.4 Å². The van der Waals surface area contributed by atoms with E-state index in [0.29, 0.717) is 57.3 Å². The first kappa shape index (κ1) is 29.1. The minimum Gasteiger partial charge on any atom is -0.451 e. The Balaban J connectivity index is 1.38. The molecule has 6 rings (SSSR count). The van der Waals surface area contributed by atoms with Crippen LogP contribution in [-0.4, -0.2) is 65.1 Å². The SMILES string of the molecule is Cc1cccc(C)c1-c1cc2nc(n1)NS(=O)(=O)c1cccc(c1)C(=O)NC1(CCN(C(=O)C3CCC(O)CC3)CC1)O2. The van der Waals surface area contributed by atoms with E-state index in [1.165, 1.54) is 18.2 Å². The Morgan fingerprint density at radius 2 is 1.67 bits per heavy atom. The summed E-state index contributed by atoms with van der Waals surface area (Å²) in [5, 5.41) is 12.9. The van der Waals surface area contributed by atoms with E-state index in [4.69, 9.17) is 4.74 Å². The fourth-order valence-corrected chi connectivity index (χ4v) is 7.24. The lowest BCUT2D eigenvalue weighted by Gasteiger charge is -2.43. The average Bonchev–Trinajstić information content (AvgIpc) is 2.97. The van der Waals surface area contributed by atoms with Crippen LogP contribution in [0.2, 0.25) is 0 Å². The van der Waals surface area contributed by atoms with E-state index in [2.05, 4.69) is 20.0 Å². The zero-order valence-corrected chi connectivity index (χ0v) is 25.0. The monoisotopic (exact) mass is 605 g/mol. The summed E-state index contributed by atoms with van der Waals surface area (Å²) in [6, 6.07) is 13.2. The summed E-state index contributed by atoms with van der Waals surface area (Å²) >= 11 is 0. The van der Waals surface area contributed by atoms with Crippen LogP contribution in [0.3, 0.4) is 0 Å². The van der Waals surface area contributed by atoms with Gasteiger partial charge in [0.05, 0.1) is 16.7 Å². The number of nitrogens with zero attached hydrogens (tertiary/aromatic N) is 3. The summed E-state index contributed by atoms with van der Waals surface area (Å²) in [6.45, 7) is 4.60. The molecule has 3 N–H and O–H groups in total. The lowest BCUT2D eigenvalue weighted by Crippen LogP contribution is -2.60. The molecule has 2 amide bonds. The first-order chi connectivity index (χ1) is 20.5. The molecular weight excluding hydrogens is 570 g/mol. The number of hydrogen-bond acceptors (Lipinski definition) is 8. The van der Waals surface area contributed by atoms with Gasteiger partial charge in [0, 0.05) is 49.0 Å². The van der Waals surface area contributed by atoms with Gasteiger partial charge >= 0.3 is 0 Å². The van der Waals surface area contributed by atoms with E-state index in [-0.39, 0.29) is 40.2 Å². The minimum atomic E-state index is -4.12. The fraction of sp³-hybridized carbons (Fsp3) is 0.419. The number of rotatable bonds is 2. The maximum Gasteiger partial charge on any atom is 0.264 e. The number of carbonyl (C=O) groups is 2. The van der Waals surface area contributed by atoms with E-state index in [1.54, 1.807) is 12.1 Å². The molecular formula is C31H35N5O6S. The Morgan fingerprint density at radius 1 is 1.00 bits per heavy atom. The summed E-state index contributed by atoms with van der Waals surface area (Å²) in [5.41, 5.74) is 2.12. The number of nitrogens with one attached hydrogen (secondary N) is 2. The molecule has 3 heterocycles. The number of aryl methyl sites for hydroxylation is 2. The number of aromatic nitrogens is 2. The number of fused-ring (bicyclic) bond motifs is 4. The van der Waals surface area contributed by atoms with Gasteiger partial charge in [0.25, 0.3) is 15.9 Å². The third-order valence-corrected chi connectivity index (χ3v) is 9.97. The fourth-order valence-electron chi connectivity index (χ4n) is 6.25. The maximum absolute atomic E-state index is 13.5. The van der Waals surface area contributed by atoms with E-state index < -0.39 is 21.7 Å². The van der Waals surface area contributed by atoms with Gasteiger partial charge in [-0.2, -0.15) is 4.98 Å². The molecule has 2 fully saturated rings. The summed E-state index contributed by atoms with van der Waals surface area (Å²) < 4.78 is 35.6. The predicted octanol–water partition coefficient (Wildman–Crippen LogP) is 3.55. The van der Waals surface area contributed by atoms with Gasteiger partial charge in [-0.1, -0.05) is 24.3 Å². The van der Waals surface area contributed by atoms with Gasteiger partial charge in [0.15, 0.2) is 5.72 Å². The second-order valence-electron chi connectivity index (χ2n) is 11.7. The molecule has 1 saturated heterocycles. The van der Waals surface area contributed by atoms with E-state index in [1.807, 2.05) is 36.9 Å². The van der Waals surface area contributed by atoms with Crippen molar-refractivity contribution in [1.29, 1.82) is 0 Å². The number of likely N-dealkylation sites (tertiary alicyclic amines) is 1. The van der Waals surface area contributed by atoms with Crippen LogP contribution in [-0.2, 0) is 14.8 Å². The van der Waals surface area contributed by atoms with E-state index in [9.17, 15) is 23.1 Å². The molecule has 2 aromatic carbocycles. The van der Waals surface area contributed by atoms with Crippen LogP contribution < -0.4 is 14.8 Å². The number of ether oxygens (including phenoxy) is 1. The lowest BCUT2D eigenvalue weighted by atomic mass is 9.86. The zero-order valence-electron chi connectivity index (χ0n) is 24.2. The van der Waals surface area contributed by atoms with Crippen molar-refractivity contribution in [2.45, 2.75) is 69.1 Å². The largest absolute Gasteiger partial charge is 0.451 e. The van der Waals surface area contributed by atoms with Crippen molar-refractivity contribution in [2.75, 3.05) is 17.8 Å². The predicted molar refractivity (Wildman–Crippen MR) is 159 cm³/mol. The highest BCUT2D eigenvalue weighted by molar-refractivity contribution is 7.92. The van der Waals surface area contributed by atoms with Crippen molar-refractivity contribution in [2.24, 2.45) is 5.92 Å². The molecule has 226 valence electrons. The summed E-state index contributed by atoms with van der Waals surface area (Å²) in [5.74, 6) is -0.622. The molecule has 1 aromatic heterocycles. The lowest BCUT2D eigenvalue weighted by molar-refractivity contribution is -0.141. The molecule has 1 aliphatic carbocycles. The van der Waals surface area contributed by atoms with Gasteiger partial charge in [-0.3, -0.25) is 9.59 Å². The van der Waals surface area contributed by atoms with Crippen molar-refractivity contribution in [3.8, 4) is 17.1 Å². The number of aliphatic hydroxyl groups is 1. The number of hydrogen-bond donors (Lipinski definition) is 3. The molecule has 2 aliphatic heterocycles. The Bertz CT molecular complexity index is 1660. The Morgan fingerprint density at radius 3 is 2.37 bits per heavy atom. The van der Waals surface area contributed by atoms with Gasteiger partial charge in [-0.15, -0.1) is 0 Å². The number of carbonyl (C=O) groups excluding carboxylic acids is 2. The Labute approximate surface area is 250 Å². The van der Waals surface area contributed by atoms with Crippen molar-refractivity contribution < 1.29 is 27.9 Å². The molecule has 1 saturated carbocycles. The van der Waals surface area contributed by atoms with Gasteiger partial charge in [0.1, 0.15) is 0 Å². The smallest absolute Gasteiger partial charge is 0.264 e. The molecule has 3 aliphatic rings. The second-order valence-corrected chi connectivity index (χ2v) is 13.4. The normalized spacial score (nSPS) is 22.8. The highest BCUT2D eigenvalue weighted by Gasteiger charge is 2.42. The minimum absolute atomic E-state index is 0.0602. The topological polar surface area (TPSA) is 151 Å². The van der Waals surface area contributed by atoms with Crippen LogP contribution in [0.25, 0.3) is 11.3 Å². The number of anilines is 1. The van der Waals surface area contributed by atoms with Crippen molar-refractivity contribution in [3.63, 3.8) is 0 Å². The highest BCUT2D eigenvalue weighted by atomic mass is 32.2. The van der Waals surface area contributed by atoms with Crippen LogP contribution in [0, 0.1) is 19.8 Å². The number of piperidine rings is 1. The summed E-state index contributed by atoms with van der Waals surface area (Å²) in [7, 11) is -4.12. The van der Waals surface area contributed by atoms with Crippen LogP contribution in [0.5, 0.6) is 5.88 Å². The molecule has 1 spiro atoms. The first-order valence-corrected chi connectivity index (χ1v) is 16.1. The number of benzene rings is 2. The van der Waals surface area contributed by atoms with Gasteiger partial charge in [0.2, 0.25) is 17.7 Å². The van der Waals surface area contributed by atoms with Crippen molar-refractivity contribution in [1.82, 2.24) is 20.2 Å². The second kappa shape index (κ2) is 11.2. The van der Waals surface area contributed by atoms with Crippen LogP contribution in [0.1, 0.15) is 60.0 Å². The number of aliphatic hydroxyl groups excluding tert-OH is 1.